The second kappa shape index (κ2) is 9.05. The molecule has 3 rings (SSSR count). The van der Waals surface area contributed by atoms with Gasteiger partial charge < -0.3 is 15.0 Å². The van der Waals surface area contributed by atoms with Crippen molar-refractivity contribution in [2.45, 2.75) is 32.3 Å². The van der Waals surface area contributed by atoms with Crippen molar-refractivity contribution >= 4 is 52.1 Å². The lowest BCUT2D eigenvalue weighted by Gasteiger charge is -2.31. The van der Waals surface area contributed by atoms with Crippen molar-refractivity contribution in [1.29, 1.82) is 0 Å². The third kappa shape index (κ3) is 5.01. The van der Waals surface area contributed by atoms with E-state index in [1.165, 1.54) is 6.42 Å². The largest absolute Gasteiger partial charge is 0.479 e. The monoisotopic (exact) mass is 426 g/mol. The van der Waals surface area contributed by atoms with Gasteiger partial charge in [-0.3, -0.25) is 4.79 Å². The molecule has 7 heteroatoms. The average Bonchev–Trinajstić information content (AvgIpc) is 2.64. The summed E-state index contributed by atoms with van der Waals surface area (Å²) in [6, 6.07) is 10.4. The molecule has 27 heavy (non-hydrogen) atoms. The van der Waals surface area contributed by atoms with Crippen molar-refractivity contribution in [2.24, 2.45) is 0 Å². The van der Waals surface area contributed by atoms with Gasteiger partial charge in [-0.1, -0.05) is 40.9 Å². The van der Waals surface area contributed by atoms with E-state index in [9.17, 15) is 4.79 Å². The molecule has 1 N–H and O–H groups in total. The van der Waals surface area contributed by atoms with Gasteiger partial charge >= 0.3 is 0 Å². The number of amides is 1. The van der Waals surface area contributed by atoms with E-state index in [2.05, 4.69) is 10.2 Å². The number of para-hydroxylation sites is 1. The number of carbonyl (C=O) groups excluding carboxylic acids is 1. The summed E-state index contributed by atoms with van der Waals surface area (Å²) in [6.45, 7) is 3.53. The van der Waals surface area contributed by atoms with E-state index in [1.807, 2.05) is 18.2 Å². The first-order chi connectivity index (χ1) is 13.0. The van der Waals surface area contributed by atoms with Crippen LogP contribution in [0.25, 0.3) is 0 Å². The molecule has 144 valence electrons. The maximum absolute atomic E-state index is 12.7. The van der Waals surface area contributed by atoms with Crippen LogP contribution < -0.4 is 15.0 Å². The number of nitrogens with zero attached hydrogens (tertiary/aromatic N) is 1. The number of hydrogen-bond donors (Lipinski definition) is 1. The highest BCUT2D eigenvalue weighted by atomic mass is 35.5. The molecule has 1 fully saturated rings. The van der Waals surface area contributed by atoms with Crippen molar-refractivity contribution in [3.05, 3.63) is 51.5 Å². The Morgan fingerprint density at radius 1 is 1.07 bits per heavy atom. The number of benzene rings is 2. The fraction of sp³-hybridized carbons (Fsp3) is 0.350. The molecule has 1 aliphatic heterocycles. The van der Waals surface area contributed by atoms with E-state index in [0.717, 1.165) is 31.6 Å². The van der Waals surface area contributed by atoms with Gasteiger partial charge in [-0.25, -0.2) is 0 Å². The first kappa shape index (κ1) is 20.1. The van der Waals surface area contributed by atoms with Crippen LogP contribution in [0.1, 0.15) is 26.2 Å². The number of rotatable bonds is 5. The second-order valence-electron chi connectivity index (χ2n) is 6.51. The Morgan fingerprint density at radius 3 is 2.52 bits per heavy atom. The summed E-state index contributed by atoms with van der Waals surface area (Å²) in [5.74, 6) is 0.132. The molecular weight excluding hydrogens is 407 g/mol. The van der Waals surface area contributed by atoms with Crippen LogP contribution in [-0.4, -0.2) is 25.1 Å². The summed E-state index contributed by atoms with van der Waals surface area (Å²) < 4.78 is 5.70. The molecule has 0 bridgehead atoms. The molecule has 1 aliphatic rings. The summed E-state index contributed by atoms with van der Waals surface area (Å²) in [6.07, 6.45) is 2.72. The van der Waals surface area contributed by atoms with Crippen LogP contribution in [0.2, 0.25) is 15.1 Å². The highest BCUT2D eigenvalue weighted by Gasteiger charge is 2.22. The van der Waals surface area contributed by atoms with Gasteiger partial charge in [0.05, 0.1) is 21.4 Å². The van der Waals surface area contributed by atoms with E-state index in [-0.39, 0.29) is 5.91 Å². The first-order valence-corrected chi connectivity index (χ1v) is 10.0. The Balaban J connectivity index is 1.74. The molecule has 1 amide bonds. The lowest BCUT2D eigenvalue weighted by atomic mass is 10.1. The van der Waals surface area contributed by atoms with Crippen LogP contribution in [0.15, 0.2) is 36.4 Å². The number of hydrogen-bond acceptors (Lipinski definition) is 3. The molecule has 2 aromatic carbocycles. The minimum atomic E-state index is -0.739. The smallest absolute Gasteiger partial charge is 0.265 e. The van der Waals surface area contributed by atoms with Gasteiger partial charge in [-0.15, -0.1) is 0 Å². The molecule has 1 atom stereocenters. The van der Waals surface area contributed by atoms with E-state index >= 15 is 0 Å². The van der Waals surface area contributed by atoms with Crippen LogP contribution in [0.3, 0.4) is 0 Å². The van der Waals surface area contributed by atoms with Gasteiger partial charge in [-0.2, -0.15) is 0 Å². The normalized spacial score (nSPS) is 15.3. The molecule has 0 aromatic heterocycles. The minimum absolute atomic E-state index is 0.276. The summed E-state index contributed by atoms with van der Waals surface area (Å²) in [7, 11) is 0. The Bertz CT molecular complexity index is 823. The number of ether oxygens (including phenoxy) is 1. The number of anilines is 2. The zero-order valence-electron chi connectivity index (χ0n) is 15.0. The van der Waals surface area contributed by atoms with Crippen molar-refractivity contribution < 1.29 is 9.53 Å². The summed E-state index contributed by atoms with van der Waals surface area (Å²) in [4.78, 5) is 14.9. The maximum atomic E-state index is 12.7. The minimum Gasteiger partial charge on any atom is -0.479 e. The number of carbonyl (C=O) groups is 1. The SMILES string of the molecule is C[C@@H](Oc1ccc(Cl)cc1Cl)C(=O)Nc1cccc(Cl)c1N1CCCCC1. The zero-order valence-corrected chi connectivity index (χ0v) is 17.2. The van der Waals surface area contributed by atoms with Crippen LogP contribution in [0, 0.1) is 0 Å². The van der Waals surface area contributed by atoms with Gasteiger partial charge in [0.15, 0.2) is 6.10 Å². The van der Waals surface area contributed by atoms with Crippen molar-refractivity contribution in [3.8, 4) is 5.75 Å². The van der Waals surface area contributed by atoms with Gasteiger partial charge in [0.2, 0.25) is 0 Å². The van der Waals surface area contributed by atoms with Gasteiger partial charge in [0.1, 0.15) is 5.75 Å². The molecule has 0 saturated carbocycles. The summed E-state index contributed by atoms with van der Waals surface area (Å²) >= 11 is 18.5. The number of nitrogens with one attached hydrogen (secondary N) is 1. The molecule has 2 aromatic rings. The number of halogens is 3. The molecule has 4 nitrogen and oxygen atoms in total. The average molecular weight is 428 g/mol. The first-order valence-electron chi connectivity index (χ1n) is 8.92. The topological polar surface area (TPSA) is 41.6 Å². The molecule has 0 aliphatic carbocycles. The summed E-state index contributed by atoms with van der Waals surface area (Å²) in [5, 5.41) is 4.44. The fourth-order valence-electron chi connectivity index (χ4n) is 3.10. The van der Waals surface area contributed by atoms with Crippen LogP contribution in [-0.2, 0) is 4.79 Å². The molecular formula is C20H21Cl3N2O2. The fourth-order valence-corrected chi connectivity index (χ4v) is 3.85. The van der Waals surface area contributed by atoms with E-state index in [4.69, 9.17) is 39.5 Å². The predicted molar refractivity (Wildman–Crippen MR) is 113 cm³/mol. The quantitative estimate of drug-likeness (QED) is 0.632. The van der Waals surface area contributed by atoms with Gasteiger partial charge in [0.25, 0.3) is 5.91 Å². The highest BCUT2D eigenvalue weighted by Crippen LogP contribution is 2.36. The highest BCUT2D eigenvalue weighted by molar-refractivity contribution is 6.35. The third-order valence-corrected chi connectivity index (χ3v) is 5.32. The predicted octanol–water partition coefficient (Wildman–Crippen LogP) is 6.04. The Morgan fingerprint density at radius 2 is 1.81 bits per heavy atom. The van der Waals surface area contributed by atoms with Crippen molar-refractivity contribution in [1.82, 2.24) is 0 Å². The Kier molecular flexibility index (Phi) is 6.74. The van der Waals surface area contributed by atoms with E-state index in [1.54, 1.807) is 25.1 Å². The second-order valence-corrected chi connectivity index (χ2v) is 7.76. The summed E-state index contributed by atoms with van der Waals surface area (Å²) in [5.41, 5.74) is 1.55. The lowest BCUT2D eigenvalue weighted by molar-refractivity contribution is -0.122. The van der Waals surface area contributed by atoms with Crippen LogP contribution >= 0.6 is 34.8 Å². The van der Waals surface area contributed by atoms with Gasteiger partial charge in [0, 0.05) is 18.1 Å². The molecule has 1 saturated heterocycles. The van der Waals surface area contributed by atoms with Crippen molar-refractivity contribution in [2.75, 3.05) is 23.3 Å². The molecule has 1 heterocycles. The van der Waals surface area contributed by atoms with Crippen LogP contribution in [0.4, 0.5) is 11.4 Å². The Labute approximate surface area is 174 Å². The molecule has 0 radical (unpaired) electrons. The third-order valence-electron chi connectivity index (χ3n) is 4.48. The zero-order chi connectivity index (χ0) is 19.4. The van der Waals surface area contributed by atoms with Crippen molar-refractivity contribution in [3.63, 3.8) is 0 Å². The number of piperidine rings is 1. The van der Waals surface area contributed by atoms with Crippen LogP contribution in [0.5, 0.6) is 5.75 Å². The van der Waals surface area contributed by atoms with Gasteiger partial charge in [-0.05, 0) is 56.5 Å². The lowest BCUT2D eigenvalue weighted by Crippen LogP contribution is -2.33. The molecule has 0 spiro atoms. The maximum Gasteiger partial charge on any atom is 0.265 e. The van der Waals surface area contributed by atoms with E-state index < -0.39 is 6.10 Å². The molecule has 0 unspecified atom stereocenters. The standard InChI is InChI=1S/C20H21Cl3N2O2/c1-13(27-18-9-8-14(21)12-16(18)23)20(26)24-17-7-5-6-15(22)19(17)25-10-3-2-4-11-25/h5-9,12-13H,2-4,10-11H2,1H3,(H,24,26)/t13-/m1/s1. The Hall–Kier alpha value is -1.62. The van der Waals surface area contributed by atoms with E-state index in [0.29, 0.717) is 26.5 Å².